The van der Waals surface area contributed by atoms with Gasteiger partial charge in [-0.25, -0.2) is 18.6 Å². The zero-order chi connectivity index (χ0) is 19.0. The highest BCUT2D eigenvalue weighted by molar-refractivity contribution is 5.85. The van der Waals surface area contributed by atoms with Crippen molar-refractivity contribution in [1.29, 1.82) is 0 Å². The lowest BCUT2D eigenvalue weighted by Gasteiger charge is -2.11. The molecule has 3 aromatic heterocycles. The van der Waals surface area contributed by atoms with Gasteiger partial charge in [0.25, 0.3) is 5.92 Å². The zero-order valence-corrected chi connectivity index (χ0v) is 15.0. The molecular formula is C20H18F2N4O. The summed E-state index contributed by atoms with van der Waals surface area (Å²) in [5.41, 5.74) is 2.31. The number of benzene rings is 1. The molecule has 1 N–H and O–H groups in total. The minimum atomic E-state index is -2.71. The minimum Gasteiger partial charge on any atom is -0.361 e. The van der Waals surface area contributed by atoms with E-state index >= 15 is 0 Å². The first-order valence-electron chi connectivity index (χ1n) is 8.81. The molecule has 1 aliphatic carbocycles. The molecule has 7 heteroatoms. The number of nitrogens with one attached hydrogen (secondary N) is 1. The number of hydrogen-bond acceptors (Lipinski definition) is 2. The van der Waals surface area contributed by atoms with Gasteiger partial charge >= 0.3 is 5.69 Å². The van der Waals surface area contributed by atoms with E-state index in [4.69, 9.17) is 0 Å². The van der Waals surface area contributed by atoms with E-state index in [1.165, 1.54) is 16.1 Å². The van der Waals surface area contributed by atoms with E-state index in [2.05, 4.69) is 9.97 Å². The van der Waals surface area contributed by atoms with Crippen molar-refractivity contribution in [3.63, 3.8) is 0 Å². The SMILES string of the molecule is Cn1c(=O)n(CC2(C)CC2(F)F)c2ccc(-c3ccc4[nH]ccc4c3)nc21. The van der Waals surface area contributed by atoms with Crippen LogP contribution in [0.4, 0.5) is 8.78 Å². The third-order valence-electron chi connectivity index (χ3n) is 5.71. The van der Waals surface area contributed by atoms with Crippen LogP contribution in [0.15, 0.2) is 47.4 Å². The van der Waals surface area contributed by atoms with Gasteiger partial charge in [0.15, 0.2) is 5.65 Å². The van der Waals surface area contributed by atoms with E-state index in [1.54, 1.807) is 13.1 Å². The molecule has 0 aliphatic heterocycles. The van der Waals surface area contributed by atoms with E-state index < -0.39 is 11.3 Å². The van der Waals surface area contributed by atoms with Crippen molar-refractivity contribution >= 4 is 22.1 Å². The first kappa shape index (κ1) is 16.2. The molecule has 27 heavy (non-hydrogen) atoms. The van der Waals surface area contributed by atoms with Gasteiger partial charge in [0.2, 0.25) is 0 Å². The van der Waals surface area contributed by atoms with Gasteiger partial charge in [0, 0.05) is 42.7 Å². The van der Waals surface area contributed by atoms with Gasteiger partial charge in [-0.2, -0.15) is 0 Å². The molecule has 1 fully saturated rings. The summed E-state index contributed by atoms with van der Waals surface area (Å²) in [7, 11) is 1.63. The second kappa shape index (κ2) is 5.06. The third-order valence-corrected chi connectivity index (χ3v) is 5.71. The molecule has 0 spiro atoms. The smallest absolute Gasteiger partial charge is 0.330 e. The molecule has 0 amide bonds. The van der Waals surface area contributed by atoms with Gasteiger partial charge in [-0.05, 0) is 30.3 Å². The van der Waals surface area contributed by atoms with Crippen molar-refractivity contribution in [1.82, 2.24) is 19.1 Å². The summed E-state index contributed by atoms with van der Waals surface area (Å²) in [5.74, 6) is -2.71. The maximum atomic E-state index is 13.7. The molecule has 5 rings (SSSR count). The largest absolute Gasteiger partial charge is 0.361 e. The van der Waals surface area contributed by atoms with Gasteiger partial charge in [-0.15, -0.1) is 0 Å². The first-order valence-corrected chi connectivity index (χ1v) is 8.81. The van der Waals surface area contributed by atoms with Gasteiger partial charge < -0.3 is 4.98 Å². The lowest BCUT2D eigenvalue weighted by atomic mass is 10.1. The van der Waals surface area contributed by atoms with E-state index in [9.17, 15) is 13.6 Å². The van der Waals surface area contributed by atoms with Crippen LogP contribution in [0.3, 0.4) is 0 Å². The van der Waals surface area contributed by atoms with E-state index in [1.807, 2.05) is 36.5 Å². The third kappa shape index (κ3) is 2.27. The Labute approximate surface area is 153 Å². The number of rotatable bonds is 3. The van der Waals surface area contributed by atoms with E-state index in [0.29, 0.717) is 11.2 Å². The van der Waals surface area contributed by atoms with E-state index in [-0.39, 0.29) is 18.7 Å². The highest BCUT2D eigenvalue weighted by atomic mass is 19.3. The average Bonchev–Trinajstić information content (AvgIpc) is 2.96. The number of fused-ring (bicyclic) bond motifs is 2. The van der Waals surface area contributed by atoms with Crippen LogP contribution >= 0.6 is 0 Å². The second-order valence-corrected chi connectivity index (χ2v) is 7.69. The Bertz CT molecular complexity index is 1270. The summed E-state index contributed by atoms with van der Waals surface area (Å²) in [6.07, 6.45) is 1.69. The van der Waals surface area contributed by atoms with Gasteiger partial charge in [-0.1, -0.05) is 13.0 Å². The van der Waals surface area contributed by atoms with Crippen LogP contribution in [-0.2, 0) is 13.6 Å². The zero-order valence-electron chi connectivity index (χ0n) is 15.0. The van der Waals surface area contributed by atoms with Crippen LogP contribution in [-0.4, -0.2) is 25.0 Å². The Morgan fingerprint density at radius 3 is 2.74 bits per heavy atom. The summed E-state index contributed by atoms with van der Waals surface area (Å²) in [6.45, 7) is 1.51. The van der Waals surface area contributed by atoms with Crippen LogP contribution < -0.4 is 5.69 Å². The fourth-order valence-corrected chi connectivity index (χ4v) is 3.77. The number of imidazole rings is 1. The molecule has 5 nitrogen and oxygen atoms in total. The van der Waals surface area contributed by atoms with Crippen molar-refractivity contribution in [2.24, 2.45) is 12.5 Å². The monoisotopic (exact) mass is 368 g/mol. The lowest BCUT2D eigenvalue weighted by Crippen LogP contribution is -2.27. The summed E-state index contributed by atoms with van der Waals surface area (Å²) < 4.78 is 30.1. The molecule has 0 saturated heterocycles. The average molecular weight is 368 g/mol. The maximum absolute atomic E-state index is 13.7. The minimum absolute atomic E-state index is 0.00743. The van der Waals surface area contributed by atoms with Crippen LogP contribution in [0, 0.1) is 5.41 Å². The number of aromatic amines is 1. The fraction of sp³-hybridized carbons (Fsp3) is 0.300. The van der Waals surface area contributed by atoms with Crippen LogP contribution in [0.2, 0.25) is 0 Å². The summed E-state index contributed by atoms with van der Waals surface area (Å²) in [5, 5.41) is 1.07. The molecular weight excluding hydrogens is 350 g/mol. The number of aromatic nitrogens is 4. The number of nitrogens with zero attached hydrogens (tertiary/aromatic N) is 3. The summed E-state index contributed by atoms with van der Waals surface area (Å²) in [6, 6.07) is 11.6. The van der Waals surface area contributed by atoms with Gasteiger partial charge in [0.05, 0.1) is 16.6 Å². The topological polar surface area (TPSA) is 55.6 Å². The molecule has 0 bridgehead atoms. The number of aryl methyl sites for hydroxylation is 1. The Balaban J connectivity index is 1.62. The highest BCUT2D eigenvalue weighted by Crippen LogP contribution is 2.61. The highest BCUT2D eigenvalue weighted by Gasteiger charge is 2.68. The normalized spacial score (nSPS) is 21.2. The van der Waals surface area contributed by atoms with Gasteiger partial charge in [0.1, 0.15) is 0 Å². The standard InChI is InChI=1S/C20H18F2N4O/c1-19(10-20(19,21)22)11-26-16-6-5-15(24-17(16)25(2)18(26)27)12-3-4-14-13(9-12)7-8-23-14/h3-9,23H,10-11H2,1-2H3. The second-order valence-electron chi connectivity index (χ2n) is 7.69. The lowest BCUT2D eigenvalue weighted by molar-refractivity contribution is 0.0637. The summed E-state index contributed by atoms with van der Waals surface area (Å²) >= 11 is 0. The molecule has 1 saturated carbocycles. The van der Waals surface area contributed by atoms with Crippen LogP contribution in [0.5, 0.6) is 0 Å². The van der Waals surface area contributed by atoms with Crippen molar-refractivity contribution in [3.05, 3.63) is 53.1 Å². The Morgan fingerprint density at radius 1 is 1.22 bits per heavy atom. The Kier molecular flexibility index (Phi) is 3.04. The van der Waals surface area contributed by atoms with Crippen LogP contribution in [0.1, 0.15) is 13.3 Å². The molecule has 3 heterocycles. The molecule has 0 radical (unpaired) electrons. The molecule has 1 aromatic carbocycles. The van der Waals surface area contributed by atoms with E-state index in [0.717, 1.165) is 22.2 Å². The molecule has 138 valence electrons. The Morgan fingerprint density at radius 2 is 2.00 bits per heavy atom. The number of pyridine rings is 1. The number of alkyl halides is 2. The molecule has 4 aromatic rings. The number of hydrogen-bond donors (Lipinski definition) is 1. The predicted octanol–water partition coefficient (Wildman–Crippen LogP) is 3.93. The number of halogens is 2. The number of H-pyrrole nitrogens is 1. The van der Waals surface area contributed by atoms with Crippen LogP contribution in [0.25, 0.3) is 33.3 Å². The Hall–Kier alpha value is -2.96. The summed E-state index contributed by atoms with van der Waals surface area (Å²) in [4.78, 5) is 20.4. The molecule has 1 aliphatic rings. The van der Waals surface area contributed by atoms with Gasteiger partial charge in [-0.3, -0.25) is 9.13 Å². The quantitative estimate of drug-likeness (QED) is 0.596. The molecule has 1 unspecified atom stereocenters. The van der Waals surface area contributed by atoms with Crippen molar-refractivity contribution < 1.29 is 8.78 Å². The maximum Gasteiger partial charge on any atom is 0.330 e. The predicted molar refractivity (Wildman–Crippen MR) is 99.9 cm³/mol. The van der Waals surface area contributed by atoms with Crippen molar-refractivity contribution in [3.8, 4) is 11.3 Å². The van der Waals surface area contributed by atoms with Crippen molar-refractivity contribution in [2.75, 3.05) is 0 Å². The van der Waals surface area contributed by atoms with Crippen molar-refractivity contribution in [2.45, 2.75) is 25.8 Å². The molecule has 1 atom stereocenters. The first-order chi connectivity index (χ1) is 12.8. The fourth-order valence-electron chi connectivity index (χ4n) is 3.77.